The Kier molecular flexibility index (Phi) is 8.96. The number of carbonyl (C=O) groups excluding carboxylic acids is 2. The molecule has 31 heavy (non-hydrogen) atoms. The van der Waals surface area contributed by atoms with Gasteiger partial charge in [0.25, 0.3) is 0 Å². The molecule has 0 bridgehead atoms. The minimum absolute atomic E-state index is 0.190. The second kappa shape index (κ2) is 12.2. The van der Waals surface area contributed by atoms with Crippen molar-refractivity contribution >= 4 is 42.1 Å². The van der Waals surface area contributed by atoms with Gasteiger partial charge in [-0.3, -0.25) is 15.0 Å². The Hall–Kier alpha value is -4.47. The normalized spacial score (nSPS) is 16.5. The van der Waals surface area contributed by atoms with Gasteiger partial charge in [-0.1, -0.05) is 10.3 Å². The summed E-state index contributed by atoms with van der Waals surface area (Å²) < 4.78 is 0. The number of urea groups is 2. The number of rotatable bonds is 6. The molecule has 1 aromatic heterocycles. The largest absolute Gasteiger partial charge is 0.399 e. The third kappa shape index (κ3) is 7.81. The fraction of sp³-hybridized carbons (Fsp3) is 0.267. The number of hydrogen-bond acceptors (Lipinski definition) is 12. The van der Waals surface area contributed by atoms with E-state index in [4.69, 9.17) is 5.84 Å². The van der Waals surface area contributed by atoms with Crippen molar-refractivity contribution < 1.29 is 19.3 Å². The van der Waals surface area contributed by atoms with E-state index in [9.17, 15) is 9.59 Å². The molecule has 0 saturated carbocycles. The van der Waals surface area contributed by atoms with Crippen LogP contribution in [0.5, 0.6) is 0 Å². The molecule has 3 heterocycles. The number of hydrogen-bond donors (Lipinski definition) is 3. The molecule has 16 nitrogen and oxygen atoms in total. The summed E-state index contributed by atoms with van der Waals surface area (Å²) in [5.74, 6) is 5.28. The van der Waals surface area contributed by atoms with Gasteiger partial charge >= 0.3 is 12.1 Å². The van der Waals surface area contributed by atoms with E-state index in [0.717, 1.165) is 5.01 Å². The highest BCUT2D eigenvalue weighted by Crippen LogP contribution is 1.98. The lowest BCUT2D eigenvalue weighted by Crippen LogP contribution is -2.50. The number of nitrogens with one attached hydrogen (secondary N) is 2. The van der Waals surface area contributed by atoms with E-state index >= 15 is 0 Å². The number of oxime groups is 2. The summed E-state index contributed by atoms with van der Waals surface area (Å²) >= 11 is 0. The number of aromatic nitrogens is 2. The fourth-order valence-electron chi connectivity index (χ4n) is 1.87. The van der Waals surface area contributed by atoms with Crippen molar-refractivity contribution in [3.8, 4) is 0 Å². The molecule has 3 rings (SSSR count). The van der Waals surface area contributed by atoms with Crippen LogP contribution in [0.25, 0.3) is 0 Å². The molecule has 2 aliphatic rings. The maximum Gasteiger partial charge on any atom is 0.358 e. The van der Waals surface area contributed by atoms with E-state index in [2.05, 4.69) is 56.1 Å². The van der Waals surface area contributed by atoms with E-state index in [1.807, 2.05) is 0 Å². The first-order valence-corrected chi connectivity index (χ1v) is 8.49. The highest BCUT2D eigenvalue weighted by atomic mass is 16.6. The number of amides is 4. The highest BCUT2D eigenvalue weighted by molar-refractivity contribution is 6.32. The molecule has 0 atom stereocenters. The lowest BCUT2D eigenvalue weighted by molar-refractivity contribution is 0.203. The molecule has 0 saturated heterocycles. The van der Waals surface area contributed by atoms with Crippen molar-refractivity contribution in [2.75, 3.05) is 27.3 Å². The third-order valence-electron chi connectivity index (χ3n) is 3.26. The zero-order chi connectivity index (χ0) is 22.5. The SMILES string of the molecule is CO/N=C/C1=NNC(=O)N(/N=C/c2cnccn2)C1.CO/N=C/C1=NNC(=O)N(N)C1. The molecule has 164 valence electrons. The van der Waals surface area contributed by atoms with Crippen LogP contribution in [0.15, 0.2) is 44.2 Å². The van der Waals surface area contributed by atoms with Crippen molar-refractivity contribution in [1.29, 1.82) is 0 Å². The zero-order valence-electron chi connectivity index (χ0n) is 16.6. The van der Waals surface area contributed by atoms with Crippen LogP contribution >= 0.6 is 0 Å². The number of nitrogens with zero attached hydrogens (tertiary/aromatic N) is 9. The maximum atomic E-state index is 11.5. The van der Waals surface area contributed by atoms with Crippen LogP contribution in [-0.2, 0) is 9.68 Å². The Morgan fingerprint density at radius 3 is 2.23 bits per heavy atom. The number of nitrogens with two attached hydrogens (primary N) is 1. The standard InChI is InChI=1S/C10H11N7O2.C5H9N5O2/c1-19-14-6-9-7-17(10(18)16-15-9)13-5-8-4-11-2-3-12-8;1-12-7-2-4-3-10(6)5(11)9-8-4/h2-6H,7H2,1H3,(H,16,18);2H,3,6H2,1H3,(H,9,11)/b13-5+,14-6+;7-2+. The third-order valence-corrected chi connectivity index (χ3v) is 3.26. The lowest BCUT2D eigenvalue weighted by atomic mass is 10.4. The Morgan fingerprint density at radius 2 is 1.65 bits per heavy atom. The number of hydrazine groups is 1. The first kappa shape index (κ1) is 22.8. The first-order valence-electron chi connectivity index (χ1n) is 8.49. The average Bonchev–Trinajstić information content (AvgIpc) is 2.79. The second-order valence-corrected chi connectivity index (χ2v) is 5.43. The molecule has 0 radical (unpaired) electrons. The Morgan fingerprint density at radius 1 is 1.00 bits per heavy atom. The quantitative estimate of drug-likeness (QED) is 0.215. The number of carbonyl (C=O) groups is 2. The second-order valence-electron chi connectivity index (χ2n) is 5.43. The molecule has 0 aliphatic carbocycles. The summed E-state index contributed by atoms with van der Waals surface area (Å²) in [5.41, 5.74) is 6.08. The molecule has 4 amide bonds. The lowest BCUT2D eigenvalue weighted by Gasteiger charge is -2.19. The van der Waals surface area contributed by atoms with Gasteiger partial charge in [0.1, 0.15) is 31.3 Å². The monoisotopic (exact) mass is 432 g/mol. The van der Waals surface area contributed by atoms with Crippen LogP contribution in [0.3, 0.4) is 0 Å². The van der Waals surface area contributed by atoms with Gasteiger partial charge in [-0.05, 0) is 0 Å². The van der Waals surface area contributed by atoms with Crippen molar-refractivity contribution in [3.63, 3.8) is 0 Å². The first-order chi connectivity index (χ1) is 15.0. The Balaban J connectivity index is 0.000000245. The molecular formula is C15H20N12O4. The van der Waals surface area contributed by atoms with Crippen LogP contribution in [0.4, 0.5) is 9.59 Å². The van der Waals surface area contributed by atoms with Crippen LogP contribution in [-0.4, -0.2) is 89.4 Å². The van der Waals surface area contributed by atoms with Gasteiger partial charge in [-0.2, -0.15) is 15.3 Å². The summed E-state index contributed by atoms with van der Waals surface area (Å²) in [7, 11) is 2.83. The van der Waals surface area contributed by atoms with Gasteiger partial charge in [0.15, 0.2) is 0 Å². The summed E-state index contributed by atoms with van der Waals surface area (Å²) in [6, 6.07) is -0.876. The van der Waals surface area contributed by atoms with Gasteiger partial charge in [0.05, 0.1) is 37.9 Å². The van der Waals surface area contributed by atoms with Gasteiger partial charge in [-0.25, -0.2) is 31.3 Å². The zero-order valence-corrected chi connectivity index (χ0v) is 16.6. The summed E-state index contributed by atoms with van der Waals surface area (Å²) in [6.45, 7) is 0.411. The minimum Gasteiger partial charge on any atom is -0.399 e. The van der Waals surface area contributed by atoms with Gasteiger partial charge < -0.3 is 9.68 Å². The molecule has 0 aromatic carbocycles. The summed E-state index contributed by atoms with van der Waals surface area (Å²) in [4.78, 5) is 39.1. The van der Waals surface area contributed by atoms with Crippen molar-refractivity contribution in [2.24, 2.45) is 31.5 Å². The van der Waals surface area contributed by atoms with Crippen LogP contribution in [0, 0.1) is 0 Å². The molecular weight excluding hydrogens is 412 g/mol. The van der Waals surface area contributed by atoms with Gasteiger partial charge in [-0.15, -0.1) is 0 Å². The van der Waals surface area contributed by atoms with Crippen molar-refractivity contribution in [1.82, 2.24) is 30.8 Å². The molecule has 0 unspecified atom stereocenters. The molecule has 0 fully saturated rings. The molecule has 1 aromatic rings. The molecule has 16 heteroatoms. The van der Waals surface area contributed by atoms with E-state index in [0.29, 0.717) is 17.1 Å². The van der Waals surface area contributed by atoms with Crippen molar-refractivity contribution in [2.45, 2.75) is 0 Å². The summed E-state index contributed by atoms with van der Waals surface area (Å²) in [6.07, 6.45) is 8.83. The average molecular weight is 432 g/mol. The van der Waals surface area contributed by atoms with E-state index in [1.54, 1.807) is 6.20 Å². The molecule has 2 aliphatic heterocycles. The topological polar surface area (TPSA) is 197 Å². The van der Waals surface area contributed by atoms with E-state index < -0.39 is 12.1 Å². The van der Waals surface area contributed by atoms with Gasteiger partial charge in [0, 0.05) is 12.4 Å². The maximum absolute atomic E-state index is 11.5. The minimum atomic E-state index is -0.440. The molecule has 4 N–H and O–H groups in total. The van der Waals surface area contributed by atoms with Crippen LogP contribution in [0.2, 0.25) is 0 Å². The Bertz CT molecular complexity index is 899. The van der Waals surface area contributed by atoms with E-state index in [-0.39, 0.29) is 13.1 Å². The Labute approximate surface area is 176 Å². The van der Waals surface area contributed by atoms with Gasteiger partial charge in [0.2, 0.25) is 0 Å². The highest BCUT2D eigenvalue weighted by Gasteiger charge is 2.19. The molecule has 0 spiro atoms. The van der Waals surface area contributed by atoms with Crippen LogP contribution in [0.1, 0.15) is 5.69 Å². The van der Waals surface area contributed by atoms with E-state index in [1.165, 1.54) is 50.3 Å². The summed E-state index contributed by atoms with van der Waals surface area (Å²) in [5, 5.41) is 20.7. The number of hydrazone groups is 3. The smallest absolute Gasteiger partial charge is 0.358 e. The van der Waals surface area contributed by atoms with Crippen molar-refractivity contribution in [3.05, 3.63) is 24.3 Å². The van der Waals surface area contributed by atoms with Crippen LogP contribution < -0.4 is 16.7 Å². The predicted octanol–water partition coefficient (Wildman–Crippen LogP) is -1.30. The predicted molar refractivity (Wildman–Crippen MR) is 110 cm³/mol. The fourth-order valence-corrected chi connectivity index (χ4v) is 1.87.